The van der Waals surface area contributed by atoms with Gasteiger partial charge in [0.25, 0.3) is 11.5 Å². The third kappa shape index (κ3) is 5.97. The Hall–Kier alpha value is -6.24. The predicted octanol–water partition coefficient (Wildman–Crippen LogP) is 7.61. The van der Waals surface area contributed by atoms with E-state index in [0.717, 1.165) is 16.7 Å². The van der Waals surface area contributed by atoms with Crippen molar-refractivity contribution in [3.8, 4) is 16.9 Å². The molecule has 0 unspecified atom stereocenters. The van der Waals surface area contributed by atoms with Crippen LogP contribution in [0.1, 0.15) is 21.5 Å². The number of anilines is 2. The number of fused-ring (bicyclic) bond motifs is 3. The first-order chi connectivity index (χ1) is 24.8. The molecule has 7 rings (SSSR count). The van der Waals surface area contributed by atoms with E-state index >= 15 is 8.78 Å². The first-order valence-corrected chi connectivity index (χ1v) is 16.1. The largest absolute Gasteiger partial charge is 0.490 e. The summed E-state index contributed by atoms with van der Waals surface area (Å²) >= 11 is 0. The molecule has 5 aromatic carbocycles. The summed E-state index contributed by atoms with van der Waals surface area (Å²) < 4.78 is 81.7. The quantitative estimate of drug-likeness (QED) is 0.165. The second-order valence-electron chi connectivity index (χ2n) is 12.3. The number of halogens is 5. The zero-order valence-corrected chi connectivity index (χ0v) is 27.3. The maximum Gasteiger partial charge on any atom is 0.417 e. The van der Waals surface area contributed by atoms with Crippen LogP contribution in [0.3, 0.4) is 0 Å². The molecule has 8 nitrogen and oxygen atoms in total. The van der Waals surface area contributed by atoms with E-state index in [1.165, 1.54) is 61.6 Å². The number of aliphatic carboxylic acids is 1. The molecule has 0 spiro atoms. The number of amides is 1. The number of carboxylic acid groups (broad SMARTS) is 1. The monoisotopic (exact) mass is 713 g/mol. The number of hydrogen-bond donors (Lipinski definition) is 2. The van der Waals surface area contributed by atoms with Gasteiger partial charge in [-0.15, -0.1) is 0 Å². The Morgan fingerprint density at radius 3 is 2.27 bits per heavy atom. The molecule has 1 aliphatic heterocycles. The molecule has 264 valence electrons. The summed E-state index contributed by atoms with van der Waals surface area (Å²) in [6.07, 6.45) is -5.31. The fourth-order valence-electron chi connectivity index (χ4n) is 6.83. The topological polar surface area (TPSA) is 101 Å². The fraction of sp³-hybridized carbons (Fsp3) is 0.154. The molecular formula is C39H28F5N3O5. The number of ether oxygens (including phenoxy) is 1. The van der Waals surface area contributed by atoms with Crippen LogP contribution in [-0.4, -0.2) is 40.7 Å². The summed E-state index contributed by atoms with van der Waals surface area (Å²) in [5.74, 6) is -4.75. The smallest absolute Gasteiger partial charge is 0.417 e. The normalized spacial score (nSPS) is 13.5. The lowest BCUT2D eigenvalue weighted by Crippen LogP contribution is -2.43. The van der Waals surface area contributed by atoms with Crippen molar-refractivity contribution >= 4 is 44.9 Å². The predicted molar refractivity (Wildman–Crippen MR) is 185 cm³/mol. The van der Waals surface area contributed by atoms with Gasteiger partial charge in [-0.2, -0.15) is 13.2 Å². The number of hydrogen-bond acceptors (Lipinski definition) is 5. The molecule has 13 heteroatoms. The average molecular weight is 714 g/mol. The van der Waals surface area contributed by atoms with E-state index in [1.807, 2.05) is 0 Å². The zero-order valence-electron chi connectivity index (χ0n) is 27.3. The number of para-hydroxylation sites is 3. The van der Waals surface area contributed by atoms with Crippen molar-refractivity contribution in [3.63, 3.8) is 0 Å². The number of rotatable bonds is 7. The Morgan fingerprint density at radius 1 is 0.885 bits per heavy atom. The molecule has 0 aliphatic carbocycles. The molecule has 0 saturated carbocycles. The van der Waals surface area contributed by atoms with Crippen LogP contribution in [-0.2, 0) is 24.4 Å². The van der Waals surface area contributed by atoms with Crippen molar-refractivity contribution in [2.24, 2.45) is 7.05 Å². The lowest BCUT2D eigenvalue weighted by molar-refractivity contribution is -0.139. The number of alkyl halides is 3. The Kier molecular flexibility index (Phi) is 8.65. The molecule has 1 aromatic heterocycles. The summed E-state index contributed by atoms with van der Waals surface area (Å²) in [5, 5.41) is 12.7. The third-order valence-corrected chi connectivity index (χ3v) is 9.19. The Labute approximate surface area is 292 Å². The van der Waals surface area contributed by atoms with Gasteiger partial charge in [0.1, 0.15) is 35.6 Å². The maximum atomic E-state index is 15.4. The van der Waals surface area contributed by atoms with Gasteiger partial charge >= 0.3 is 12.1 Å². The molecule has 0 fully saturated rings. The van der Waals surface area contributed by atoms with E-state index < -0.39 is 64.4 Å². The number of nitrogens with one attached hydrogen (secondary N) is 1. The highest BCUT2D eigenvalue weighted by atomic mass is 19.4. The van der Waals surface area contributed by atoms with Crippen LogP contribution in [0.25, 0.3) is 32.8 Å². The highest BCUT2D eigenvalue weighted by Crippen LogP contribution is 2.42. The fourth-order valence-corrected chi connectivity index (χ4v) is 6.83. The molecule has 1 atom stereocenters. The molecule has 1 aliphatic rings. The van der Waals surface area contributed by atoms with Gasteiger partial charge in [-0.3, -0.25) is 9.59 Å². The van der Waals surface area contributed by atoms with Gasteiger partial charge in [0.05, 0.1) is 28.9 Å². The second kappa shape index (κ2) is 13.1. The van der Waals surface area contributed by atoms with E-state index in [4.69, 9.17) is 4.74 Å². The number of carbonyl (C=O) groups excluding carboxylic acids is 1. The molecule has 0 bridgehead atoms. The molecular weight excluding hydrogens is 685 g/mol. The average Bonchev–Trinajstić information content (AvgIpc) is 3.11. The number of pyridine rings is 1. The summed E-state index contributed by atoms with van der Waals surface area (Å²) in [6.45, 7) is 0.531. The van der Waals surface area contributed by atoms with Crippen LogP contribution >= 0.6 is 0 Å². The van der Waals surface area contributed by atoms with Crippen molar-refractivity contribution in [2.45, 2.75) is 18.6 Å². The number of aryl methyl sites for hydroxylation is 1. The van der Waals surface area contributed by atoms with Crippen molar-refractivity contribution in [1.29, 1.82) is 0 Å². The first kappa shape index (κ1) is 34.2. The molecule has 0 saturated heterocycles. The summed E-state index contributed by atoms with van der Waals surface area (Å²) in [7, 11) is 1.38. The number of benzene rings is 5. The number of carboxylic acids is 1. The van der Waals surface area contributed by atoms with Gasteiger partial charge in [0, 0.05) is 24.5 Å². The van der Waals surface area contributed by atoms with Crippen molar-refractivity contribution < 1.29 is 41.4 Å². The standard InChI is InChI=1S/C39H28F5N3O5/c1-46-30-13-3-2-9-26(30)35(39(42,43)44)33(37(46)49)25-12-7-10-23-21(8-6-11-24(23)25)18-29(38(50)51)45-36(48)34-27(40)19-22(20-28(34)41)47-16-17-52-32-15-5-4-14-31(32)47/h2-15,19-20,29H,16-18H2,1H3,(H,45,48)(H,50,51)/t29-/m0/s1. The van der Waals surface area contributed by atoms with E-state index in [9.17, 15) is 32.7 Å². The van der Waals surface area contributed by atoms with E-state index in [0.29, 0.717) is 22.4 Å². The van der Waals surface area contributed by atoms with Crippen molar-refractivity contribution in [1.82, 2.24) is 9.88 Å². The molecule has 0 radical (unpaired) electrons. The zero-order chi connectivity index (χ0) is 36.9. The van der Waals surface area contributed by atoms with Gasteiger partial charge in [0.15, 0.2) is 0 Å². The molecule has 2 N–H and O–H groups in total. The maximum absolute atomic E-state index is 15.4. The van der Waals surface area contributed by atoms with Crippen LogP contribution in [0, 0.1) is 11.6 Å². The van der Waals surface area contributed by atoms with Crippen LogP contribution in [0.15, 0.2) is 102 Å². The molecule has 6 aromatic rings. The highest BCUT2D eigenvalue weighted by Gasteiger charge is 2.38. The highest BCUT2D eigenvalue weighted by molar-refractivity contribution is 6.02. The number of aromatic nitrogens is 1. The van der Waals surface area contributed by atoms with E-state index in [1.54, 1.807) is 35.2 Å². The molecule has 52 heavy (non-hydrogen) atoms. The third-order valence-electron chi connectivity index (χ3n) is 9.19. The minimum Gasteiger partial charge on any atom is -0.490 e. The summed E-state index contributed by atoms with van der Waals surface area (Å²) in [6, 6.07) is 21.8. The van der Waals surface area contributed by atoms with Gasteiger partial charge in [-0.1, -0.05) is 66.7 Å². The lowest BCUT2D eigenvalue weighted by atomic mass is 9.90. The van der Waals surface area contributed by atoms with E-state index in [-0.39, 0.29) is 40.7 Å². The summed E-state index contributed by atoms with van der Waals surface area (Å²) in [5.41, 5.74) is -2.48. The molecule has 1 amide bonds. The minimum absolute atomic E-state index is 0.0268. The minimum atomic E-state index is -4.91. The van der Waals surface area contributed by atoms with Gasteiger partial charge in [0.2, 0.25) is 0 Å². The lowest BCUT2D eigenvalue weighted by Gasteiger charge is -2.31. The van der Waals surface area contributed by atoms with Crippen LogP contribution in [0.2, 0.25) is 0 Å². The van der Waals surface area contributed by atoms with Gasteiger partial charge < -0.3 is 24.6 Å². The van der Waals surface area contributed by atoms with Crippen molar-refractivity contribution in [3.05, 3.63) is 136 Å². The van der Waals surface area contributed by atoms with Crippen molar-refractivity contribution in [2.75, 3.05) is 18.1 Å². The van der Waals surface area contributed by atoms with Crippen LogP contribution in [0.4, 0.5) is 33.3 Å². The number of carbonyl (C=O) groups is 2. The van der Waals surface area contributed by atoms with E-state index in [2.05, 4.69) is 5.32 Å². The second-order valence-corrected chi connectivity index (χ2v) is 12.3. The summed E-state index contributed by atoms with van der Waals surface area (Å²) in [4.78, 5) is 40.9. The SMILES string of the molecule is Cn1c(=O)c(-c2cccc3c(C[C@H](NC(=O)c4c(F)cc(N5CCOc6ccccc65)cc4F)C(=O)O)cccc23)c(C(F)(F)F)c2ccccc21. The van der Waals surface area contributed by atoms with Gasteiger partial charge in [-0.25, -0.2) is 13.6 Å². The van der Waals surface area contributed by atoms with Gasteiger partial charge in [-0.05, 0) is 52.2 Å². The first-order valence-electron chi connectivity index (χ1n) is 16.1. The number of nitrogens with zero attached hydrogens (tertiary/aromatic N) is 2. The Bertz CT molecular complexity index is 2460. The Balaban J connectivity index is 1.23. The van der Waals surface area contributed by atoms with Crippen LogP contribution in [0.5, 0.6) is 5.75 Å². The van der Waals surface area contributed by atoms with Crippen LogP contribution < -0.4 is 20.5 Å². The molecule has 2 heterocycles. The Morgan fingerprint density at radius 2 is 1.54 bits per heavy atom.